The van der Waals surface area contributed by atoms with Crippen LogP contribution >= 0.6 is 24.0 Å². The third-order valence-electron chi connectivity index (χ3n) is 3.81. The minimum atomic E-state index is -4.16. The van der Waals surface area contributed by atoms with Crippen LogP contribution in [0.1, 0.15) is 18.9 Å². The molecule has 0 spiro atoms. The van der Waals surface area contributed by atoms with E-state index in [-0.39, 0.29) is 30.0 Å². The van der Waals surface area contributed by atoms with Crippen molar-refractivity contribution in [2.75, 3.05) is 33.3 Å². The van der Waals surface area contributed by atoms with Crippen LogP contribution in [-0.4, -0.2) is 61.4 Å². The van der Waals surface area contributed by atoms with Gasteiger partial charge >= 0.3 is 6.18 Å². The molecule has 1 atom stereocenters. The van der Waals surface area contributed by atoms with E-state index < -0.39 is 12.7 Å². The number of aliphatic imine (C=N–C) groups is 1. The van der Waals surface area contributed by atoms with E-state index in [1.807, 2.05) is 13.0 Å². The summed E-state index contributed by atoms with van der Waals surface area (Å²) in [6, 6.07) is 3.62. The number of alkyl halides is 3. The van der Waals surface area contributed by atoms with E-state index in [1.54, 1.807) is 19.4 Å². The molecular weight excluding hydrogens is 462 g/mol. The largest absolute Gasteiger partial charge is 0.481 e. The molecule has 148 valence electrons. The molecule has 1 unspecified atom stereocenters. The topological polar surface area (TPSA) is 61.8 Å². The van der Waals surface area contributed by atoms with Gasteiger partial charge in [-0.1, -0.05) is 6.07 Å². The summed E-state index contributed by atoms with van der Waals surface area (Å²) >= 11 is 0. The van der Waals surface area contributed by atoms with Crippen molar-refractivity contribution in [3.05, 3.63) is 23.9 Å². The van der Waals surface area contributed by atoms with Gasteiger partial charge in [0.05, 0.1) is 20.2 Å². The first-order valence-corrected chi connectivity index (χ1v) is 8.23. The third-order valence-corrected chi connectivity index (χ3v) is 3.81. The van der Waals surface area contributed by atoms with E-state index in [0.29, 0.717) is 44.4 Å². The normalized spacial score (nSPS) is 18.3. The van der Waals surface area contributed by atoms with Crippen LogP contribution in [0.2, 0.25) is 0 Å². The van der Waals surface area contributed by atoms with Crippen LogP contribution in [-0.2, 0) is 6.54 Å². The Bertz CT molecular complexity index is 585. The van der Waals surface area contributed by atoms with Gasteiger partial charge in [-0.25, -0.2) is 9.98 Å². The van der Waals surface area contributed by atoms with Gasteiger partial charge in [0.15, 0.2) is 5.96 Å². The summed E-state index contributed by atoms with van der Waals surface area (Å²) in [7, 11) is 1.55. The van der Waals surface area contributed by atoms with Gasteiger partial charge in [-0.05, 0) is 19.4 Å². The van der Waals surface area contributed by atoms with Crippen LogP contribution in [0.25, 0.3) is 0 Å². The second-order valence-electron chi connectivity index (χ2n) is 5.85. The summed E-state index contributed by atoms with van der Waals surface area (Å²) in [5.74, 6) is 1.09. The van der Waals surface area contributed by atoms with Crippen molar-refractivity contribution in [3.63, 3.8) is 0 Å². The fourth-order valence-corrected chi connectivity index (χ4v) is 2.75. The molecule has 0 saturated carbocycles. The Balaban J connectivity index is 0.00000338. The molecule has 1 aromatic heterocycles. The maximum atomic E-state index is 12.5. The minimum Gasteiger partial charge on any atom is -0.481 e. The molecule has 0 aliphatic carbocycles. The average molecular weight is 487 g/mol. The fraction of sp³-hybridized carbons (Fsp3) is 0.625. The highest BCUT2D eigenvalue weighted by atomic mass is 127. The number of pyridine rings is 1. The van der Waals surface area contributed by atoms with E-state index in [0.717, 1.165) is 5.56 Å². The zero-order chi connectivity index (χ0) is 18.3. The van der Waals surface area contributed by atoms with Gasteiger partial charge in [0, 0.05) is 37.4 Å². The molecule has 1 saturated heterocycles. The molecule has 1 fully saturated rings. The van der Waals surface area contributed by atoms with Crippen molar-refractivity contribution in [1.82, 2.24) is 20.5 Å². The Morgan fingerprint density at radius 1 is 1.46 bits per heavy atom. The zero-order valence-corrected chi connectivity index (χ0v) is 17.2. The molecule has 1 aliphatic rings. The second-order valence-corrected chi connectivity index (χ2v) is 5.85. The first kappa shape index (κ1) is 22.7. The summed E-state index contributed by atoms with van der Waals surface area (Å²) in [6.07, 6.45) is -1.87. The lowest BCUT2D eigenvalue weighted by Crippen LogP contribution is -2.45. The van der Waals surface area contributed by atoms with Crippen molar-refractivity contribution < 1.29 is 17.9 Å². The minimum absolute atomic E-state index is 0. The van der Waals surface area contributed by atoms with E-state index in [9.17, 15) is 13.2 Å². The number of aromatic nitrogens is 1. The van der Waals surface area contributed by atoms with Crippen LogP contribution in [0.3, 0.4) is 0 Å². The maximum absolute atomic E-state index is 12.5. The fourth-order valence-electron chi connectivity index (χ4n) is 2.75. The summed E-state index contributed by atoms with van der Waals surface area (Å²) in [4.78, 5) is 10.0. The lowest BCUT2D eigenvalue weighted by Gasteiger charge is -2.19. The molecule has 2 N–H and O–H groups in total. The van der Waals surface area contributed by atoms with Crippen LogP contribution in [0.4, 0.5) is 13.2 Å². The van der Waals surface area contributed by atoms with Crippen LogP contribution in [0.15, 0.2) is 23.3 Å². The van der Waals surface area contributed by atoms with E-state index in [2.05, 4.69) is 20.6 Å². The summed E-state index contributed by atoms with van der Waals surface area (Å²) in [5, 5.41) is 6.33. The summed E-state index contributed by atoms with van der Waals surface area (Å²) in [5.41, 5.74) is 0.840. The third kappa shape index (κ3) is 7.52. The number of nitrogens with one attached hydrogen (secondary N) is 2. The molecule has 26 heavy (non-hydrogen) atoms. The van der Waals surface area contributed by atoms with Gasteiger partial charge in [-0.15, -0.1) is 24.0 Å². The maximum Gasteiger partial charge on any atom is 0.401 e. The van der Waals surface area contributed by atoms with Crippen molar-refractivity contribution >= 4 is 29.9 Å². The van der Waals surface area contributed by atoms with E-state index in [4.69, 9.17) is 4.74 Å². The number of halogens is 4. The molecule has 10 heteroatoms. The Morgan fingerprint density at radius 2 is 2.23 bits per heavy atom. The zero-order valence-electron chi connectivity index (χ0n) is 14.8. The number of guanidine groups is 1. The molecule has 0 amide bonds. The van der Waals surface area contributed by atoms with Gasteiger partial charge in [-0.2, -0.15) is 13.2 Å². The van der Waals surface area contributed by atoms with Gasteiger partial charge in [0.2, 0.25) is 5.88 Å². The van der Waals surface area contributed by atoms with Crippen LogP contribution < -0.4 is 15.4 Å². The van der Waals surface area contributed by atoms with Crippen molar-refractivity contribution in [2.45, 2.75) is 32.1 Å². The number of methoxy groups -OCH3 is 1. The SMILES string of the molecule is CCNC(=NCc1cccnc1OC)NC1CCN(CC(F)(F)F)C1.I. The van der Waals surface area contributed by atoms with Crippen LogP contribution in [0, 0.1) is 0 Å². The monoisotopic (exact) mass is 487 g/mol. The highest BCUT2D eigenvalue weighted by Gasteiger charge is 2.34. The van der Waals surface area contributed by atoms with Crippen molar-refractivity contribution in [1.29, 1.82) is 0 Å². The van der Waals surface area contributed by atoms with Gasteiger partial charge in [-0.3, -0.25) is 4.90 Å². The number of hydrogen-bond donors (Lipinski definition) is 2. The first-order chi connectivity index (χ1) is 11.9. The first-order valence-electron chi connectivity index (χ1n) is 8.23. The van der Waals surface area contributed by atoms with Crippen molar-refractivity contribution in [3.8, 4) is 5.88 Å². The highest BCUT2D eigenvalue weighted by Crippen LogP contribution is 2.20. The van der Waals surface area contributed by atoms with Gasteiger partial charge in [0.25, 0.3) is 0 Å². The lowest BCUT2D eigenvalue weighted by atomic mass is 10.2. The molecule has 2 heterocycles. The number of likely N-dealkylation sites (tertiary alicyclic amines) is 1. The number of hydrogen-bond acceptors (Lipinski definition) is 4. The van der Waals surface area contributed by atoms with Gasteiger partial charge < -0.3 is 15.4 Å². The highest BCUT2D eigenvalue weighted by molar-refractivity contribution is 14.0. The predicted molar refractivity (Wildman–Crippen MR) is 105 cm³/mol. The number of ether oxygens (including phenoxy) is 1. The second kappa shape index (κ2) is 10.8. The molecule has 2 rings (SSSR count). The molecule has 0 aromatic carbocycles. The Morgan fingerprint density at radius 3 is 2.88 bits per heavy atom. The standard InChI is InChI=1S/C16H24F3N5O.HI/c1-3-20-15(22-9-12-5-4-7-21-14(12)25-2)23-13-6-8-24(10-13)11-16(17,18)19;/h4-5,7,13H,3,6,8-11H2,1-2H3,(H2,20,22,23);1H. The number of rotatable bonds is 6. The molecular formula is C16H25F3IN5O. The predicted octanol–water partition coefficient (Wildman–Crippen LogP) is 2.40. The van der Waals surface area contributed by atoms with Crippen LogP contribution in [0.5, 0.6) is 5.88 Å². The van der Waals surface area contributed by atoms with Crippen molar-refractivity contribution in [2.24, 2.45) is 4.99 Å². The quantitative estimate of drug-likeness (QED) is 0.367. The van der Waals surface area contributed by atoms with Gasteiger partial charge in [0.1, 0.15) is 0 Å². The summed E-state index contributed by atoms with van der Waals surface area (Å²) in [6.45, 7) is 2.87. The lowest BCUT2D eigenvalue weighted by molar-refractivity contribution is -0.143. The van der Waals surface area contributed by atoms with E-state index in [1.165, 1.54) is 4.90 Å². The summed E-state index contributed by atoms with van der Waals surface area (Å²) < 4.78 is 42.6. The molecule has 1 aliphatic heterocycles. The molecule has 1 aromatic rings. The van der Waals surface area contributed by atoms with E-state index >= 15 is 0 Å². The average Bonchev–Trinajstić information content (AvgIpc) is 2.98. The molecule has 0 radical (unpaired) electrons. The Hall–Kier alpha value is -1.30. The molecule has 6 nitrogen and oxygen atoms in total. The molecule has 0 bridgehead atoms. The number of nitrogens with zero attached hydrogens (tertiary/aromatic N) is 3. The smallest absolute Gasteiger partial charge is 0.401 e. The Kier molecular flexibility index (Phi) is 9.41. The Labute approximate surface area is 168 Å².